The van der Waals surface area contributed by atoms with Gasteiger partial charge in [0, 0.05) is 13.2 Å². The zero-order valence-corrected chi connectivity index (χ0v) is 8.28. The predicted molar refractivity (Wildman–Crippen MR) is 58.0 cm³/mol. The van der Waals surface area contributed by atoms with Crippen molar-refractivity contribution in [2.75, 3.05) is 19.8 Å². The fourth-order valence-corrected chi connectivity index (χ4v) is 0.715. The summed E-state index contributed by atoms with van der Waals surface area (Å²) in [5.41, 5.74) is 5.19. The second-order valence-electron chi connectivity index (χ2n) is 2.49. The number of hydrogen-bond acceptors (Lipinski definition) is 2. The molecule has 72 valence electrons. The zero-order valence-electron chi connectivity index (χ0n) is 8.28. The van der Waals surface area contributed by atoms with Crippen LogP contribution in [-0.2, 0) is 4.74 Å². The molecule has 1 aromatic rings. The molecule has 1 rings (SSSR count). The van der Waals surface area contributed by atoms with E-state index in [1.807, 2.05) is 44.0 Å². The molecule has 0 aliphatic carbocycles. The first-order valence-corrected chi connectivity index (χ1v) is 4.69. The molecule has 0 radical (unpaired) electrons. The van der Waals surface area contributed by atoms with Crippen LogP contribution in [0.2, 0.25) is 0 Å². The Labute approximate surface area is 81.3 Å². The maximum atomic E-state index is 5.19. The third kappa shape index (κ3) is 11.3. The van der Waals surface area contributed by atoms with Gasteiger partial charge in [0.15, 0.2) is 0 Å². The molecule has 0 atom stereocenters. The van der Waals surface area contributed by atoms with Crippen molar-refractivity contribution in [1.29, 1.82) is 0 Å². The van der Waals surface area contributed by atoms with E-state index in [-0.39, 0.29) is 0 Å². The summed E-state index contributed by atoms with van der Waals surface area (Å²) >= 11 is 0. The van der Waals surface area contributed by atoms with Crippen LogP contribution in [0.4, 0.5) is 0 Å². The summed E-state index contributed by atoms with van der Waals surface area (Å²) in [4.78, 5) is 0. The van der Waals surface area contributed by atoms with Gasteiger partial charge in [-0.15, -0.1) is 0 Å². The van der Waals surface area contributed by atoms with Gasteiger partial charge in [-0.25, -0.2) is 0 Å². The fourth-order valence-electron chi connectivity index (χ4n) is 0.715. The molecular weight excluding hydrogens is 161 g/mol. The van der Waals surface area contributed by atoms with Crippen LogP contribution in [0, 0.1) is 0 Å². The van der Waals surface area contributed by atoms with Crippen molar-refractivity contribution in [3.05, 3.63) is 30.1 Å². The summed E-state index contributed by atoms with van der Waals surface area (Å²) < 4.78 is 4.99. The van der Waals surface area contributed by atoms with E-state index in [0.717, 1.165) is 26.2 Å². The normalized spacial score (nSPS) is 8.46. The van der Waals surface area contributed by atoms with Gasteiger partial charge in [-0.2, -0.15) is 0 Å². The van der Waals surface area contributed by atoms with Crippen LogP contribution in [0.1, 0.15) is 13.3 Å². The minimum atomic E-state index is 0.736. The van der Waals surface area contributed by atoms with E-state index >= 15 is 0 Å². The standard InChI is InChI=1S/C5H5B.C5H13NO/c1-2-4-6-5-3-1;1-2-7-5-3-4-6/h1-5H;2-6H2,1H3. The summed E-state index contributed by atoms with van der Waals surface area (Å²) in [7, 11) is 0. The van der Waals surface area contributed by atoms with Gasteiger partial charge < -0.3 is 10.5 Å². The average molecular weight is 179 g/mol. The Balaban J connectivity index is 0.000000223. The van der Waals surface area contributed by atoms with Gasteiger partial charge >= 0.3 is 37.0 Å². The Morgan fingerprint density at radius 1 is 1.23 bits per heavy atom. The van der Waals surface area contributed by atoms with Crippen LogP contribution in [-0.4, -0.2) is 26.7 Å². The first kappa shape index (κ1) is 12.3. The third-order valence-electron chi connectivity index (χ3n) is 1.36. The molecule has 13 heavy (non-hydrogen) atoms. The second-order valence-corrected chi connectivity index (χ2v) is 2.49. The van der Waals surface area contributed by atoms with Crippen LogP contribution in [0.3, 0.4) is 0 Å². The van der Waals surface area contributed by atoms with Crippen LogP contribution in [0.15, 0.2) is 30.1 Å². The van der Waals surface area contributed by atoms with Crippen molar-refractivity contribution in [2.45, 2.75) is 13.3 Å². The molecule has 0 saturated carbocycles. The van der Waals surface area contributed by atoms with Gasteiger partial charge in [-0.05, 0) is 19.9 Å². The number of ether oxygens (including phenoxy) is 1. The molecule has 0 saturated heterocycles. The van der Waals surface area contributed by atoms with Gasteiger partial charge in [0.25, 0.3) is 0 Å². The van der Waals surface area contributed by atoms with Crippen molar-refractivity contribution in [2.24, 2.45) is 5.73 Å². The van der Waals surface area contributed by atoms with E-state index in [1.54, 1.807) is 0 Å². The monoisotopic (exact) mass is 179 g/mol. The van der Waals surface area contributed by atoms with Crippen molar-refractivity contribution >= 4 is 6.91 Å². The molecule has 0 amide bonds. The van der Waals surface area contributed by atoms with E-state index in [2.05, 4.69) is 0 Å². The second kappa shape index (κ2) is 11.3. The molecule has 2 nitrogen and oxygen atoms in total. The maximum absolute atomic E-state index is 5.19. The number of hydrogen-bond donors (Lipinski definition) is 1. The minimum absolute atomic E-state index is 0.736. The van der Waals surface area contributed by atoms with Crippen LogP contribution in [0.25, 0.3) is 0 Å². The van der Waals surface area contributed by atoms with Crippen molar-refractivity contribution in [3.8, 4) is 0 Å². The summed E-state index contributed by atoms with van der Waals surface area (Å²) in [6.07, 6.45) is 0.980. The first-order valence-electron chi connectivity index (χ1n) is 4.69. The third-order valence-corrected chi connectivity index (χ3v) is 1.36. The molecular formula is C10H18BNO. The number of rotatable bonds is 4. The summed E-state index contributed by atoms with van der Waals surface area (Å²) in [6.45, 7) is 6.34. The molecule has 1 aromatic heterocycles. The van der Waals surface area contributed by atoms with Gasteiger partial charge in [-0.1, -0.05) is 0 Å². The molecule has 0 spiro atoms. The zero-order chi connectivity index (χ0) is 9.78. The van der Waals surface area contributed by atoms with Crippen molar-refractivity contribution < 1.29 is 4.74 Å². The Hall–Kier alpha value is -0.665. The Kier molecular flexibility index (Phi) is 10.8. The quantitative estimate of drug-likeness (QED) is 0.709. The van der Waals surface area contributed by atoms with Crippen molar-refractivity contribution in [3.63, 3.8) is 0 Å². The van der Waals surface area contributed by atoms with E-state index in [0.29, 0.717) is 0 Å². The summed E-state index contributed by atoms with van der Waals surface area (Å²) in [5, 5.41) is 0. The molecule has 0 aliphatic rings. The molecule has 0 fully saturated rings. The van der Waals surface area contributed by atoms with E-state index in [4.69, 9.17) is 10.5 Å². The average Bonchev–Trinajstić information content (AvgIpc) is 2.22. The van der Waals surface area contributed by atoms with Gasteiger partial charge in [0.2, 0.25) is 0 Å². The van der Waals surface area contributed by atoms with Gasteiger partial charge in [0.1, 0.15) is 0 Å². The molecule has 2 N–H and O–H groups in total. The number of nitrogens with two attached hydrogens (primary N) is 1. The van der Waals surface area contributed by atoms with Crippen LogP contribution in [0.5, 0.6) is 0 Å². The molecule has 0 aromatic carbocycles. The summed E-state index contributed by atoms with van der Waals surface area (Å²) in [6, 6.07) is 6.00. The molecule has 0 unspecified atom stereocenters. The van der Waals surface area contributed by atoms with Crippen LogP contribution >= 0.6 is 0 Å². The van der Waals surface area contributed by atoms with Gasteiger partial charge in [0.05, 0.1) is 0 Å². The Bertz CT molecular complexity index is 139. The SMILES string of the molecule is CCOCCCN.b1ccccc1. The molecule has 1 heterocycles. The van der Waals surface area contributed by atoms with E-state index in [1.165, 1.54) is 0 Å². The Morgan fingerprint density at radius 3 is 2.23 bits per heavy atom. The predicted octanol–water partition coefficient (Wildman–Crippen LogP) is 1.40. The molecule has 0 bridgehead atoms. The molecule has 3 heteroatoms. The van der Waals surface area contributed by atoms with Gasteiger partial charge in [-0.3, -0.25) is 0 Å². The Morgan fingerprint density at radius 2 is 1.92 bits per heavy atom. The first-order chi connectivity index (χ1) is 6.41. The topological polar surface area (TPSA) is 35.2 Å². The van der Waals surface area contributed by atoms with Crippen molar-refractivity contribution in [1.82, 2.24) is 0 Å². The van der Waals surface area contributed by atoms with Crippen LogP contribution < -0.4 is 5.73 Å². The molecule has 0 aliphatic heterocycles. The van der Waals surface area contributed by atoms with E-state index in [9.17, 15) is 0 Å². The fraction of sp³-hybridized carbons (Fsp3) is 0.500. The summed E-state index contributed by atoms with van der Waals surface area (Å²) in [5.74, 6) is 4.00. The van der Waals surface area contributed by atoms with E-state index < -0.39 is 0 Å².